The summed E-state index contributed by atoms with van der Waals surface area (Å²) < 4.78 is 32.8. The monoisotopic (exact) mass is 478 g/mol. The Labute approximate surface area is 196 Å². The number of piperidine rings is 1. The molecule has 0 saturated carbocycles. The molecule has 0 spiro atoms. The van der Waals surface area contributed by atoms with Gasteiger partial charge in [-0.05, 0) is 63.3 Å². The van der Waals surface area contributed by atoms with E-state index in [9.17, 15) is 13.2 Å². The van der Waals surface area contributed by atoms with E-state index in [2.05, 4.69) is 17.4 Å². The molecule has 3 rings (SSSR count). The summed E-state index contributed by atoms with van der Waals surface area (Å²) in [6.45, 7) is 4.92. The maximum absolute atomic E-state index is 13.0. The highest BCUT2D eigenvalue weighted by atomic mass is 35.5. The van der Waals surface area contributed by atoms with Gasteiger partial charge in [-0.2, -0.15) is 4.31 Å². The highest BCUT2D eigenvalue weighted by molar-refractivity contribution is 7.89. The van der Waals surface area contributed by atoms with Crippen LogP contribution in [-0.4, -0.2) is 44.4 Å². The zero-order valence-corrected chi connectivity index (χ0v) is 20.2. The molecule has 32 heavy (non-hydrogen) atoms. The fourth-order valence-corrected chi connectivity index (χ4v) is 5.68. The van der Waals surface area contributed by atoms with Crippen molar-refractivity contribution in [2.75, 3.05) is 19.7 Å². The van der Waals surface area contributed by atoms with Gasteiger partial charge in [0.05, 0.1) is 16.5 Å². The second-order valence-electron chi connectivity index (χ2n) is 8.14. The second-order valence-corrected chi connectivity index (χ2v) is 10.5. The van der Waals surface area contributed by atoms with Crippen LogP contribution in [0.4, 0.5) is 0 Å². The Morgan fingerprint density at radius 2 is 1.88 bits per heavy atom. The number of aryl methyl sites for hydroxylation is 1. The van der Waals surface area contributed by atoms with Crippen molar-refractivity contribution in [3.63, 3.8) is 0 Å². The number of hydrogen-bond donors (Lipinski definition) is 1. The van der Waals surface area contributed by atoms with Crippen LogP contribution in [0.2, 0.25) is 5.02 Å². The van der Waals surface area contributed by atoms with Crippen molar-refractivity contribution < 1.29 is 17.9 Å². The Bertz CT molecular complexity index is 1010. The summed E-state index contributed by atoms with van der Waals surface area (Å²) in [5.41, 5.74) is 1.25. The first-order valence-electron chi connectivity index (χ1n) is 11.1. The topological polar surface area (TPSA) is 75.7 Å². The molecule has 0 radical (unpaired) electrons. The summed E-state index contributed by atoms with van der Waals surface area (Å²) in [6, 6.07) is 14.8. The van der Waals surface area contributed by atoms with E-state index in [0.717, 1.165) is 12.8 Å². The zero-order valence-electron chi connectivity index (χ0n) is 18.6. The summed E-state index contributed by atoms with van der Waals surface area (Å²) >= 11 is 6.17. The van der Waals surface area contributed by atoms with Gasteiger partial charge in [0.15, 0.2) is 0 Å². The lowest BCUT2D eigenvalue weighted by molar-refractivity contribution is -0.126. The lowest BCUT2D eigenvalue weighted by Gasteiger charge is -2.31. The minimum Gasteiger partial charge on any atom is -0.492 e. The van der Waals surface area contributed by atoms with E-state index in [-0.39, 0.29) is 27.8 Å². The van der Waals surface area contributed by atoms with E-state index < -0.39 is 10.0 Å². The Balaban J connectivity index is 1.51. The minimum atomic E-state index is -3.67. The van der Waals surface area contributed by atoms with E-state index in [1.54, 1.807) is 6.07 Å². The molecule has 1 fully saturated rings. The fraction of sp³-hybridized carbons (Fsp3) is 0.458. The normalized spacial score (nSPS) is 16.5. The number of carbonyl (C=O) groups is 1. The number of benzene rings is 2. The molecule has 1 amide bonds. The first-order chi connectivity index (χ1) is 15.3. The van der Waals surface area contributed by atoms with E-state index in [0.29, 0.717) is 38.3 Å². The third-order valence-electron chi connectivity index (χ3n) is 5.76. The van der Waals surface area contributed by atoms with Crippen molar-refractivity contribution >= 4 is 27.5 Å². The maximum Gasteiger partial charge on any atom is 0.243 e. The minimum absolute atomic E-state index is 0.00622. The molecule has 1 heterocycles. The SMILES string of the molecule is CCOc1ccc(S(=O)(=O)N2CCC(C(=O)N[C@@H](C)CCc3ccccc3)CC2)cc1Cl. The van der Waals surface area contributed by atoms with Gasteiger partial charge < -0.3 is 10.1 Å². The van der Waals surface area contributed by atoms with Crippen molar-refractivity contribution in [3.8, 4) is 5.75 Å². The Hall–Kier alpha value is -2.09. The molecule has 0 unspecified atom stereocenters. The van der Waals surface area contributed by atoms with Crippen LogP contribution in [0.3, 0.4) is 0 Å². The first kappa shape index (κ1) is 24.6. The van der Waals surface area contributed by atoms with Gasteiger partial charge in [0.2, 0.25) is 15.9 Å². The molecular weight excluding hydrogens is 448 g/mol. The Morgan fingerprint density at radius 3 is 2.50 bits per heavy atom. The molecule has 6 nitrogen and oxygen atoms in total. The molecule has 1 aliphatic heterocycles. The number of hydrogen-bond acceptors (Lipinski definition) is 4. The van der Waals surface area contributed by atoms with E-state index in [4.69, 9.17) is 16.3 Å². The van der Waals surface area contributed by atoms with Crippen LogP contribution in [0.5, 0.6) is 5.75 Å². The number of ether oxygens (including phenoxy) is 1. The highest BCUT2D eigenvalue weighted by Crippen LogP contribution is 2.30. The Morgan fingerprint density at radius 1 is 1.19 bits per heavy atom. The maximum atomic E-state index is 13.0. The molecule has 2 aromatic rings. The smallest absolute Gasteiger partial charge is 0.243 e. The summed E-state index contributed by atoms with van der Waals surface area (Å²) in [5, 5.41) is 3.36. The number of carbonyl (C=O) groups excluding carboxylic acids is 1. The van der Waals surface area contributed by atoms with E-state index in [1.165, 1.54) is 22.0 Å². The van der Waals surface area contributed by atoms with Gasteiger partial charge in [-0.1, -0.05) is 41.9 Å². The number of halogens is 1. The summed E-state index contributed by atoms with van der Waals surface area (Å²) in [6.07, 6.45) is 2.77. The average molecular weight is 479 g/mol. The van der Waals surface area contributed by atoms with Gasteiger partial charge in [0.25, 0.3) is 0 Å². The zero-order chi connectivity index (χ0) is 23.1. The first-order valence-corrected chi connectivity index (χ1v) is 12.9. The molecule has 0 aromatic heterocycles. The molecular formula is C24H31ClN2O4S. The number of sulfonamides is 1. The standard InChI is InChI=1S/C24H31ClN2O4S/c1-3-31-23-12-11-21(17-22(23)25)32(29,30)27-15-13-20(14-16-27)24(28)26-18(2)9-10-19-7-5-4-6-8-19/h4-8,11-12,17-18,20H,3,9-10,13-16H2,1-2H3,(H,26,28)/t18-/m0/s1. The quantitative estimate of drug-likeness (QED) is 0.583. The van der Waals surface area contributed by atoms with E-state index >= 15 is 0 Å². The predicted molar refractivity (Wildman–Crippen MR) is 126 cm³/mol. The van der Waals surface area contributed by atoms with Gasteiger partial charge in [0.1, 0.15) is 5.75 Å². The van der Waals surface area contributed by atoms with Crippen molar-refractivity contribution in [1.29, 1.82) is 0 Å². The lowest BCUT2D eigenvalue weighted by Crippen LogP contribution is -2.44. The van der Waals surface area contributed by atoms with Crippen LogP contribution in [-0.2, 0) is 21.2 Å². The van der Waals surface area contributed by atoms with Gasteiger partial charge >= 0.3 is 0 Å². The summed E-state index contributed by atoms with van der Waals surface area (Å²) in [7, 11) is -3.67. The third-order valence-corrected chi connectivity index (χ3v) is 7.95. The summed E-state index contributed by atoms with van der Waals surface area (Å²) in [5.74, 6) is 0.293. The van der Waals surface area contributed by atoms with Crippen LogP contribution in [0.1, 0.15) is 38.7 Å². The fourth-order valence-electron chi connectivity index (χ4n) is 3.88. The van der Waals surface area contributed by atoms with Gasteiger partial charge in [-0.25, -0.2) is 8.42 Å². The number of amides is 1. The van der Waals surface area contributed by atoms with Crippen molar-refractivity contribution in [2.24, 2.45) is 5.92 Å². The van der Waals surface area contributed by atoms with E-state index in [1.807, 2.05) is 32.0 Å². The molecule has 1 atom stereocenters. The highest BCUT2D eigenvalue weighted by Gasteiger charge is 2.32. The Kier molecular flexibility index (Phi) is 8.57. The molecule has 1 aliphatic rings. The number of nitrogens with one attached hydrogen (secondary N) is 1. The summed E-state index contributed by atoms with van der Waals surface area (Å²) in [4.78, 5) is 12.8. The predicted octanol–water partition coefficient (Wildman–Crippen LogP) is 4.28. The average Bonchev–Trinajstić information content (AvgIpc) is 2.80. The van der Waals surface area contributed by atoms with Crippen LogP contribution < -0.4 is 10.1 Å². The van der Waals surface area contributed by atoms with Crippen molar-refractivity contribution in [1.82, 2.24) is 9.62 Å². The number of nitrogens with zero attached hydrogens (tertiary/aromatic N) is 1. The molecule has 1 N–H and O–H groups in total. The largest absolute Gasteiger partial charge is 0.492 e. The molecule has 2 aromatic carbocycles. The third kappa shape index (κ3) is 6.24. The lowest BCUT2D eigenvalue weighted by atomic mass is 9.96. The van der Waals surface area contributed by atoms with Gasteiger partial charge in [-0.3, -0.25) is 4.79 Å². The van der Waals surface area contributed by atoms with Crippen molar-refractivity contribution in [2.45, 2.75) is 50.5 Å². The molecule has 1 saturated heterocycles. The van der Waals surface area contributed by atoms with Crippen LogP contribution >= 0.6 is 11.6 Å². The van der Waals surface area contributed by atoms with Crippen LogP contribution in [0.15, 0.2) is 53.4 Å². The second kappa shape index (κ2) is 11.2. The van der Waals surface area contributed by atoms with Crippen LogP contribution in [0.25, 0.3) is 0 Å². The molecule has 0 bridgehead atoms. The van der Waals surface area contributed by atoms with Crippen molar-refractivity contribution in [3.05, 3.63) is 59.1 Å². The molecule has 174 valence electrons. The van der Waals surface area contributed by atoms with Crippen LogP contribution in [0, 0.1) is 5.92 Å². The molecule has 0 aliphatic carbocycles. The van der Waals surface area contributed by atoms with Gasteiger partial charge in [0, 0.05) is 25.0 Å². The molecule has 8 heteroatoms. The van der Waals surface area contributed by atoms with Gasteiger partial charge in [-0.15, -0.1) is 0 Å². The number of rotatable bonds is 9.